The minimum Gasteiger partial charge on any atom is -0.363 e. The third-order valence-corrected chi connectivity index (χ3v) is 3.63. The van der Waals surface area contributed by atoms with E-state index < -0.39 is 17.4 Å². The molecule has 106 valence electrons. The van der Waals surface area contributed by atoms with Crippen molar-refractivity contribution in [3.8, 4) is 0 Å². The average molecular weight is 269 g/mol. The van der Waals surface area contributed by atoms with Crippen LogP contribution in [0.3, 0.4) is 0 Å². The maximum absolute atomic E-state index is 12.1. The molecule has 2 N–H and O–H groups in total. The summed E-state index contributed by atoms with van der Waals surface area (Å²) >= 11 is 0. The van der Waals surface area contributed by atoms with Crippen LogP contribution >= 0.6 is 0 Å². The molecule has 0 atom stereocenters. The molecule has 3 amide bonds. The predicted octanol–water partition coefficient (Wildman–Crippen LogP) is -1.37. The molecule has 2 aliphatic heterocycles. The maximum atomic E-state index is 12.1. The molecule has 0 aromatic heterocycles. The van der Waals surface area contributed by atoms with Gasteiger partial charge in [-0.25, -0.2) is 0 Å². The van der Waals surface area contributed by atoms with E-state index in [9.17, 15) is 14.4 Å². The van der Waals surface area contributed by atoms with Gasteiger partial charge in [-0.1, -0.05) is 0 Å². The lowest BCUT2D eigenvalue weighted by atomic mass is 9.98. The van der Waals surface area contributed by atoms with Crippen LogP contribution < -0.4 is 10.6 Å². The Balaban J connectivity index is 2.00. The third-order valence-electron chi connectivity index (χ3n) is 3.63. The molecule has 2 rings (SSSR count). The number of hydrogen-bond acceptors (Lipinski definition) is 5. The Morgan fingerprint density at radius 1 is 1.32 bits per heavy atom. The van der Waals surface area contributed by atoms with Gasteiger partial charge in [0.2, 0.25) is 11.8 Å². The van der Waals surface area contributed by atoms with E-state index in [1.165, 1.54) is 4.90 Å². The molecule has 7 heteroatoms. The highest BCUT2D eigenvalue weighted by molar-refractivity contribution is 6.06. The van der Waals surface area contributed by atoms with Gasteiger partial charge in [-0.2, -0.15) is 0 Å². The number of nitrogens with one attached hydrogen (secondary N) is 2. The van der Waals surface area contributed by atoms with Crippen LogP contribution in [0.25, 0.3) is 0 Å². The molecule has 19 heavy (non-hydrogen) atoms. The topological polar surface area (TPSA) is 87.7 Å². The van der Waals surface area contributed by atoms with Crippen LogP contribution in [0, 0.1) is 0 Å². The lowest BCUT2D eigenvalue weighted by molar-refractivity contribution is -0.162. The first kappa shape index (κ1) is 14.0. The Labute approximate surface area is 111 Å². The van der Waals surface area contributed by atoms with Crippen molar-refractivity contribution in [3.63, 3.8) is 0 Å². The van der Waals surface area contributed by atoms with Gasteiger partial charge in [-0.3, -0.25) is 19.7 Å². The zero-order valence-corrected chi connectivity index (χ0v) is 11.4. The van der Waals surface area contributed by atoms with Crippen LogP contribution in [0.5, 0.6) is 0 Å². The van der Waals surface area contributed by atoms with Crippen LogP contribution in [0.2, 0.25) is 0 Å². The van der Waals surface area contributed by atoms with Crippen LogP contribution in [0.15, 0.2) is 0 Å². The molecule has 2 aliphatic rings. The summed E-state index contributed by atoms with van der Waals surface area (Å²) in [5.74, 6) is -1.27. The monoisotopic (exact) mass is 269 g/mol. The molecule has 2 heterocycles. The minimum atomic E-state index is -1.03. The average Bonchev–Trinajstić information content (AvgIpc) is 2.28. The first-order valence-electron chi connectivity index (χ1n) is 6.24. The molecule has 2 saturated heterocycles. The van der Waals surface area contributed by atoms with Crippen LogP contribution in [-0.4, -0.2) is 60.0 Å². The molecule has 0 saturated carbocycles. The van der Waals surface area contributed by atoms with E-state index in [0.717, 1.165) is 0 Å². The lowest BCUT2D eigenvalue weighted by Gasteiger charge is -2.42. The molecule has 0 spiro atoms. The van der Waals surface area contributed by atoms with E-state index in [1.54, 1.807) is 13.8 Å². The number of imide groups is 1. The Kier molecular flexibility index (Phi) is 3.36. The van der Waals surface area contributed by atoms with Crippen molar-refractivity contribution in [2.24, 2.45) is 0 Å². The number of nitrogens with zero attached hydrogens (tertiary/aromatic N) is 1. The van der Waals surface area contributed by atoms with E-state index in [1.807, 2.05) is 6.92 Å². The van der Waals surface area contributed by atoms with E-state index in [2.05, 4.69) is 10.6 Å². The molecule has 0 aliphatic carbocycles. The van der Waals surface area contributed by atoms with E-state index in [-0.39, 0.29) is 24.7 Å². The van der Waals surface area contributed by atoms with Crippen molar-refractivity contribution in [2.75, 3.05) is 26.2 Å². The predicted molar refractivity (Wildman–Crippen MR) is 66.2 cm³/mol. The van der Waals surface area contributed by atoms with Gasteiger partial charge in [-0.15, -0.1) is 0 Å². The Hall–Kier alpha value is -1.47. The van der Waals surface area contributed by atoms with Gasteiger partial charge in [-0.05, 0) is 20.8 Å². The van der Waals surface area contributed by atoms with Crippen molar-refractivity contribution < 1.29 is 19.1 Å². The minimum absolute atomic E-state index is 0.115. The van der Waals surface area contributed by atoms with Crippen molar-refractivity contribution in [1.29, 1.82) is 0 Å². The largest absolute Gasteiger partial charge is 0.363 e. The van der Waals surface area contributed by atoms with Crippen molar-refractivity contribution in [2.45, 2.75) is 31.9 Å². The van der Waals surface area contributed by atoms with Gasteiger partial charge in [0.15, 0.2) is 0 Å². The fraction of sp³-hybridized carbons (Fsp3) is 0.750. The van der Waals surface area contributed by atoms with Crippen LogP contribution in [0.4, 0.5) is 0 Å². The number of piperazine rings is 1. The summed E-state index contributed by atoms with van der Waals surface area (Å²) in [5.41, 5.74) is -1.37. The maximum Gasteiger partial charge on any atom is 0.252 e. The molecule has 0 aromatic carbocycles. The Bertz CT molecular complexity index is 429. The van der Waals surface area contributed by atoms with Crippen LogP contribution in [-0.2, 0) is 19.1 Å². The number of carbonyl (C=O) groups is 3. The summed E-state index contributed by atoms with van der Waals surface area (Å²) in [6, 6.07) is 0. The zero-order valence-electron chi connectivity index (χ0n) is 11.4. The number of hydrogen-bond donors (Lipinski definition) is 2. The number of rotatable bonds is 3. The van der Waals surface area contributed by atoms with Crippen molar-refractivity contribution >= 4 is 17.7 Å². The fourth-order valence-electron chi connectivity index (χ4n) is 2.08. The second-order valence-corrected chi connectivity index (χ2v) is 5.76. The van der Waals surface area contributed by atoms with Gasteiger partial charge in [0.05, 0.1) is 5.60 Å². The summed E-state index contributed by atoms with van der Waals surface area (Å²) in [5, 5.41) is 5.29. The molecule has 0 aromatic rings. The summed E-state index contributed by atoms with van der Waals surface area (Å²) < 4.78 is 5.55. The highest BCUT2D eigenvalue weighted by Gasteiger charge is 2.44. The van der Waals surface area contributed by atoms with Gasteiger partial charge < -0.3 is 15.0 Å². The number of amides is 3. The second kappa shape index (κ2) is 4.57. The fourth-order valence-corrected chi connectivity index (χ4v) is 2.08. The molecule has 2 fully saturated rings. The molecule has 7 nitrogen and oxygen atoms in total. The highest BCUT2D eigenvalue weighted by atomic mass is 16.5. The van der Waals surface area contributed by atoms with Gasteiger partial charge in [0, 0.05) is 13.1 Å². The number of carbonyl (C=O) groups excluding carboxylic acids is 3. The molecule has 0 radical (unpaired) electrons. The first-order chi connectivity index (χ1) is 8.74. The highest BCUT2D eigenvalue weighted by Crippen LogP contribution is 2.20. The molecule has 0 bridgehead atoms. The van der Waals surface area contributed by atoms with E-state index >= 15 is 0 Å². The Morgan fingerprint density at radius 3 is 2.47 bits per heavy atom. The van der Waals surface area contributed by atoms with Gasteiger partial charge in [0.25, 0.3) is 5.91 Å². The quantitative estimate of drug-likeness (QED) is 0.617. The molecular formula is C12H19N3O4. The summed E-state index contributed by atoms with van der Waals surface area (Å²) in [6.45, 7) is 6.29. The van der Waals surface area contributed by atoms with Crippen LogP contribution in [0.1, 0.15) is 20.8 Å². The van der Waals surface area contributed by atoms with Crippen molar-refractivity contribution in [1.82, 2.24) is 15.5 Å². The van der Waals surface area contributed by atoms with Gasteiger partial charge >= 0.3 is 0 Å². The van der Waals surface area contributed by atoms with Crippen molar-refractivity contribution in [3.05, 3.63) is 0 Å². The third kappa shape index (κ3) is 2.62. The summed E-state index contributed by atoms with van der Waals surface area (Å²) in [6.07, 6.45) is 0. The summed E-state index contributed by atoms with van der Waals surface area (Å²) in [7, 11) is 0. The molecular weight excluding hydrogens is 250 g/mol. The smallest absolute Gasteiger partial charge is 0.252 e. The lowest BCUT2D eigenvalue weighted by Crippen LogP contribution is -2.66. The SMILES string of the molecule is CC1(OCC(=O)N2CC(=O)NC(=O)C2(C)C)CNC1. The first-order valence-corrected chi connectivity index (χ1v) is 6.24. The summed E-state index contributed by atoms with van der Waals surface area (Å²) in [4.78, 5) is 36.5. The Morgan fingerprint density at radius 2 is 1.95 bits per heavy atom. The van der Waals surface area contributed by atoms with Gasteiger partial charge in [0.1, 0.15) is 18.7 Å². The normalized spacial score (nSPS) is 24.7. The van der Waals surface area contributed by atoms with E-state index in [0.29, 0.717) is 13.1 Å². The number of ether oxygens (including phenoxy) is 1. The zero-order chi connectivity index (χ0) is 14.3. The van der Waals surface area contributed by atoms with E-state index in [4.69, 9.17) is 4.74 Å². The molecule has 0 unspecified atom stereocenters. The standard InChI is InChI=1S/C12H19N3O4/c1-11(2)10(18)14-8(16)4-15(11)9(17)5-19-12(3)6-13-7-12/h13H,4-7H2,1-3H3,(H,14,16,18). The second-order valence-electron chi connectivity index (χ2n) is 5.76.